The van der Waals surface area contributed by atoms with Gasteiger partial charge in [-0.25, -0.2) is 9.78 Å². The van der Waals surface area contributed by atoms with Gasteiger partial charge in [-0.05, 0) is 18.6 Å². The van der Waals surface area contributed by atoms with E-state index in [2.05, 4.69) is 11.9 Å². The summed E-state index contributed by atoms with van der Waals surface area (Å²) in [5.74, 6) is 1.49. The number of aromatic nitrogens is 1. The van der Waals surface area contributed by atoms with Crippen LogP contribution in [0.4, 0.5) is 0 Å². The molecule has 1 saturated carbocycles. The second kappa shape index (κ2) is 4.53. The van der Waals surface area contributed by atoms with Crippen LogP contribution in [0.1, 0.15) is 46.1 Å². The highest BCUT2D eigenvalue weighted by molar-refractivity contribution is 7.98. The van der Waals surface area contributed by atoms with E-state index in [1.54, 1.807) is 11.8 Å². The molecule has 0 unspecified atom stereocenters. The van der Waals surface area contributed by atoms with Crippen molar-refractivity contribution in [3.8, 4) is 0 Å². The Labute approximate surface area is 96.9 Å². The van der Waals surface area contributed by atoms with Crippen molar-refractivity contribution < 1.29 is 9.90 Å². The molecule has 0 atom stereocenters. The van der Waals surface area contributed by atoms with Gasteiger partial charge in [-0.2, -0.15) is 11.8 Å². The number of rotatable bonds is 5. The molecule has 0 radical (unpaired) electrons. The highest BCUT2D eigenvalue weighted by Crippen LogP contribution is 2.42. The lowest BCUT2D eigenvalue weighted by Crippen LogP contribution is -1.97. The Hall–Kier alpha value is -0.550. The topological polar surface area (TPSA) is 50.2 Å². The maximum atomic E-state index is 11.0. The zero-order valence-corrected chi connectivity index (χ0v) is 10.2. The molecule has 15 heavy (non-hydrogen) atoms. The molecule has 82 valence electrons. The minimum Gasteiger partial charge on any atom is -0.477 e. The summed E-state index contributed by atoms with van der Waals surface area (Å²) in [5.41, 5.74) is 0.833. The van der Waals surface area contributed by atoms with Gasteiger partial charge in [0, 0.05) is 11.7 Å². The van der Waals surface area contributed by atoms with Crippen molar-refractivity contribution in [3.05, 3.63) is 15.6 Å². The normalized spacial score (nSPS) is 15.5. The Morgan fingerprint density at radius 2 is 2.40 bits per heavy atom. The number of thiazole rings is 1. The van der Waals surface area contributed by atoms with Crippen molar-refractivity contribution in [1.29, 1.82) is 0 Å². The first-order valence-electron chi connectivity index (χ1n) is 5.03. The van der Waals surface area contributed by atoms with Crippen LogP contribution in [-0.2, 0) is 5.75 Å². The maximum Gasteiger partial charge on any atom is 0.347 e. The number of carboxylic acid groups (broad SMARTS) is 1. The Morgan fingerprint density at radius 1 is 1.67 bits per heavy atom. The number of carbonyl (C=O) groups is 1. The third-order valence-corrected chi connectivity index (χ3v) is 4.41. The van der Waals surface area contributed by atoms with Gasteiger partial charge in [0.2, 0.25) is 0 Å². The van der Waals surface area contributed by atoms with Crippen molar-refractivity contribution >= 4 is 29.1 Å². The van der Waals surface area contributed by atoms with Crippen LogP contribution in [0, 0.1) is 0 Å². The van der Waals surface area contributed by atoms with Crippen molar-refractivity contribution in [1.82, 2.24) is 4.98 Å². The van der Waals surface area contributed by atoms with Crippen LogP contribution in [0.2, 0.25) is 0 Å². The first kappa shape index (κ1) is 11.0. The zero-order valence-electron chi connectivity index (χ0n) is 8.52. The third kappa shape index (κ3) is 2.52. The van der Waals surface area contributed by atoms with E-state index < -0.39 is 5.97 Å². The van der Waals surface area contributed by atoms with Crippen LogP contribution in [0.15, 0.2) is 0 Å². The van der Waals surface area contributed by atoms with E-state index in [-0.39, 0.29) is 0 Å². The fraction of sp³-hybridized carbons (Fsp3) is 0.600. The van der Waals surface area contributed by atoms with E-state index in [0.29, 0.717) is 10.8 Å². The van der Waals surface area contributed by atoms with Crippen LogP contribution >= 0.6 is 23.1 Å². The van der Waals surface area contributed by atoms with Crippen molar-refractivity contribution in [3.63, 3.8) is 0 Å². The number of thioether (sulfide) groups is 1. The summed E-state index contributed by atoms with van der Waals surface area (Å²) < 4.78 is 0. The molecule has 1 N–H and O–H groups in total. The molecule has 3 nitrogen and oxygen atoms in total. The first-order chi connectivity index (χ1) is 7.22. The Morgan fingerprint density at radius 3 is 2.93 bits per heavy atom. The van der Waals surface area contributed by atoms with E-state index in [4.69, 9.17) is 5.11 Å². The van der Waals surface area contributed by atoms with Crippen LogP contribution in [0.5, 0.6) is 0 Å². The van der Waals surface area contributed by atoms with Crippen LogP contribution < -0.4 is 0 Å². The zero-order chi connectivity index (χ0) is 10.8. The molecule has 1 aromatic heterocycles. The fourth-order valence-electron chi connectivity index (χ4n) is 1.42. The van der Waals surface area contributed by atoms with Gasteiger partial charge in [-0.15, -0.1) is 11.3 Å². The molecule has 1 heterocycles. The lowest BCUT2D eigenvalue weighted by atomic mass is 10.2. The molecule has 5 heteroatoms. The summed E-state index contributed by atoms with van der Waals surface area (Å²) in [6.45, 7) is 2.10. The van der Waals surface area contributed by atoms with Crippen molar-refractivity contribution in [2.24, 2.45) is 0 Å². The Kier molecular flexibility index (Phi) is 3.31. The van der Waals surface area contributed by atoms with Crippen LogP contribution in [0.25, 0.3) is 0 Å². The second-order valence-corrected chi connectivity index (χ2v) is 5.90. The third-order valence-electron chi connectivity index (χ3n) is 2.29. The molecule has 0 spiro atoms. The quantitative estimate of drug-likeness (QED) is 0.863. The van der Waals surface area contributed by atoms with Crippen LogP contribution in [0.3, 0.4) is 0 Å². The minimum atomic E-state index is -0.817. The number of nitrogens with zero attached hydrogens (tertiary/aromatic N) is 1. The number of hydrogen-bond donors (Lipinski definition) is 1. The second-order valence-electron chi connectivity index (χ2n) is 3.54. The maximum absolute atomic E-state index is 11.0. The standard InChI is InChI=1S/C10H13NO2S2/c1-2-14-5-7-11-8(6-3-4-6)9(15-7)10(12)13/h6H,2-5H2,1H3,(H,12,13). The van der Waals surface area contributed by atoms with E-state index in [1.807, 2.05) is 0 Å². The molecule has 1 aliphatic carbocycles. The summed E-state index contributed by atoms with van der Waals surface area (Å²) in [7, 11) is 0. The van der Waals surface area contributed by atoms with Gasteiger partial charge in [0.05, 0.1) is 5.69 Å². The van der Waals surface area contributed by atoms with E-state index in [9.17, 15) is 4.79 Å². The van der Waals surface area contributed by atoms with Gasteiger partial charge >= 0.3 is 5.97 Å². The smallest absolute Gasteiger partial charge is 0.347 e. The molecule has 1 aromatic rings. The van der Waals surface area contributed by atoms with Crippen LogP contribution in [-0.4, -0.2) is 21.8 Å². The van der Waals surface area contributed by atoms with E-state index in [1.165, 1.54) is 11.3 Å². The fourth-order valence-corrected chi connectivity index (χ4v) is 3.13. The molecule has 0 amide bonds. The summed E-state index contributed by atoms with van der Waals surface area (Å²) in [5, 5.41) is 10.0. The lowest BCUT2D eigenvalue weighted by molar-refractivity contribution is 0.0700. The number of aromatic carboxylic acids is 1. The summed E-state index contributed by atoms with van der Waals surface area (Å²) >= 11 is 3.13. The summed E-state index contributed by atoms with van der Waals surface area (Å²) in [6, 6.07) is 0. The lowest BCUT2D eigenvalue weighted by Gasteiger charge is -1.92. The molecule has 0 aliphatic heterocycles. The average Bonchev–Trinajstić information content (AvgIpc) is 2.95. The Bertz CT molecular complexity index is 371. The van der Waals surface area contributed by atoms with Gasteiger partial charge in [0.15, 0.2) is 0 Å². The molecular weight excluding hydrogens is 230 g/mol. The largest absolute Gasteiger partial charge is 0.477 e. The van der Waals surface area contributed by atoms with E-state index >= 15 is 0 Å². The van der Waals surface area contributed by atoms with Gasteiger partial charge < -0.3 is 5.11 Å². The molecule has 1 fully saturated rings. The Balaban J connectivity index is 2.19. The summed E-state index contributed by atoms with van der Waals surface area (Å²) in [4.78, 5) is 15.9. The van der Waals surface area contributed by atoms with Gasteiger partial charge in [0.1, 0.15) is 9.88 Å². The predicted molar refractivity (Wildman–Crippen MR) is 62.9 cm³/mol. The van der Waals surface area contributed by atoms with Gasteiger partial charge in [-0.1, -0.05) is 6.92 Å². The molecule has 2 rings (SSSR count). The SMILES string of the molecule is CCSCc1nc(C2CC2)c(C(=O)O)s1. The molecule has 0 bridgehead atoms. The predicted octanol–water partition coefficient (Wildman–Crippen LogP) is 2.97. The summed E-state index contributed by atoms with van der Waals surface area (Å²) in [6.07, 6.45) is 2.20. The molecule has 0 saturated heterocycles. The highest BCUT2D eigenvalue weighted by Gasteiger charge is 2.31. The minimum absolute atomic E-state index is 0.424. The number of hydrogen-bond acceptors (Lipinski definition) is 4. The highest BCUT2D eigenvalue weighted by atomic mass is 32.2. The first-order valence-corrected chi connectivity index (χ1v) is 7.00. The molecule has 0 aromatic carbocycles. The van der Waals surface area contributed by atoms with Crippen molar-refractivity contribution in [2.75, 3.05) is 5.75 Å². The average molecular weight is 243 g/mol. The van der Waals surface area contributed by atoms with E-state index in [0.717, 1.165) is 35.0 Å². The monoisotopic (exact) mass is 243 g/mol. The van der Waals surface area contributed by atoms with Gasteiger partial charge in [-0.3, -0.25) is 0 Å². The molecule has 1 aliphatic rings. The van der Waals surface area contributed by atoms with Gasteiger partial charge in [0.25, 0.3) is 0 Å². The molecular formula is C10H13NO2S2. The number of carboxylic acids is 1. The van der Waals surface area contributed by atoms with Crippen molar-refractivity contribution in [2.45, 2.75) is 31.4 Å².